The number of fused-ring (bicyclic) bond motifs is 2. The first-order valence-electron chi connectivity index (χ1n) is 10.5. The van der Waals surface area contributed by atoms with Crippen LogP contribution in [0.2, 0.25) is 0 Å². The fraction of sp³-hybridized carbons (Fsp3) is 0.148. The van der Waals surface area contributed by atoms with Crippen LogP contribution in [0, 0.1) is 12.7 Å². The fourth-order valence-electron chi connectivity index (χ4n) is 4.05. The molecule has 0 N–H and O–H groups in total. The molecule has 0 amide bonds. The average molecular weight is 443 g/mol. The molecule has 0 saturated heterocycles. The Labute approximate surface area is 190 Å². The van der Waals surface area contributed by atoms with E-state index in [9.17, 15) is 9.18 Å². The van der Waals surface area contributed by atoms with Gasteiger partial charge in [-0.1, -0.05) is 12.1 Å². The molecule has 0 unspecified atom stereocenters. The Morgan fingerprint density at radius 2 is 1.88 bits per heavy atom. The van der Waals surface area contributed by atoms with Gasteiger partial charge in [0.25, 0.3) is 0 Å². The molecule has 0 bridgehead atoms. The van der Waals surface area contributed by atoms with E-state index in [4.69, 9.17) is 14.2 Å². The summed E-state index contributed by atoms with van der Waals surface area (Å²) in [6, 6.07) is 15.5. The predicted octanol–water partition coefficient (Wildman–Crippen LogP) is 5.83. The van der Waals surface area contributed by atoms with Gasteiger partial charge in [-0.15, -0.1) is 0 Å². The van der Waals surface area contributed by atoms with Crippen molar-refractivity contribution in [2.24, 2.45) is 7.05 Å². The highest BCUT2D eigenvalue weighted by Gasteiger charge is 2.30. The Morgan fingerprint density at radius 3 is 2.64 bits per heavy atom. The number of ketones is 1. The highest BCUT2D eigenvalue weighted by atomic mass is 19.1. The van der Waals surface area contributed by atoms with Crippen LogP contribution in [0.1, 0.15) is 27.0 Å². The number of carbonyl (C=O) groups excluding carboxylic acids is 1. The minimum Gasteiger partial charge on any atom is -0.497 e. The van der Waals surface area contributed by atoms with Gasteiger partial charge in [0.15, 0.2) is 5.76 Å². The highest BCUT2D eigenvalue weighted by molar-refractivity contribution is 6.15. The molecule has 0 spiro atoms. The van der Waals surface area contributed by atoms with E-state index < -0.39 is 0 Å². The van der Waals surface area contributed by atoms with Gasteiger partial charge >= 0.3 is 0 Å². The van der Waals surface area contributed by atoms with E-state index in [1.807, 2.05) is 42.9 Å². The van der Waals surface area contributed by atoms with Crippen molar-refractivity contribution in [2.75, 3.05) is 7.11 Å². The number of allylic oxidation sites excluding steroid dienone is 1. The molecule has 1 aliphatic rings. The molecule has 0 radical (unpaired) electrons. The van der Waals surface area contributed by atoms with Crippen molar-refractivity contribution >= 4 is 22.8 Å². The van der Waals surface area contributed by atoms with E-state index in [0.717, 1.165) is 33.3 Å². The van der Waals surface area contributed by atoms with E-state index in [1.165, 1.54) is 12.1 Å². The third-order valence-electron chi connectivity index (χ3n) is 5.86. The van der Waals surface area contributed by atoms with Crippen LogP contribution in [-0.4, -0.2) is 17.5 Å². The van der Waals surface area contributed by atoms with Gasteiger partial charge in [0, 0.05) is 35.3 Å². The monoisotopic (exact) mass is 443 g/mol. The number of aromatic nitrogens is 1. The van der Waals surface area contributed by atoms with Crippen LogP contribution >= 0.6 is 0 Å². The second-order valence-corrected chi connectivity index (χ2v) is 8.00. The molecule has 1 aromatic heterocycles. The van der Waals surface area contributed by atoms with Crippen LogP contribution in [0.3, 0.4) is 0 Å². The lowest BCUT2D eigenvalue weighted by molar-refractivity contribution is 0.101. The van der Waals surface area contributed by atoms with Crippen molar-refractivity contribution in [3.05, 3.63) is 94.6 Å². The molecule has 5 rings (SSSR count). The number of aryl methyl sites for hydroxylation is 1. The normalized spacial score (nSPS) is 13.9. The van der Waals surface area contributed by atoms with Crippen LogP contribution < -0.4 is 14.2 Å². The maximum absolute atomic E-state index is 13.1. The van der Waals surface area contributed by atoms with Gasteiger partial charge in [0.1, 0.15) is 29.7 Å². The number of benzene rings is 3. The van der Waals surface area contributed by atoms with Gasteiger partial charge in [0.2, 0.25) is 5.78 Å². The van der Waals surface area contributed by atoms with Crippen molar-refractivity contribution in [3.8, 4) is 17.2 Å². The summed E-state index contributed by atoms with van der Waals surface area (Å²) in [6.07, 6.45) is 3.73. The Morgan fingerprint density at radius 1 is 1.09 bits per heavy atom. The van der Waals surface area contributed by atoms with Gasteiger partial charge in [-0.3, -0.25) is 4.79 Å². The number of Topliss-reactive ketones (excluding diaryl/α,β-unsaturated/α-hetero) is 1. The second-order valence-electron chi connectivity index (χ2n) is 8.00. The standard InChI is InChI=1S/C27H22FNO4/c1-16-24(32-15-17-4-6-19(28)7-5-17)11-9-21-26(30)25(33-27(16)21)12-18-14-29(2)23-10-8-20(31-3)13-22(18)23/h4-14H,15H2,1-3H3/b25-12+. The van der Waals surface area contributed by atoms with Crippen LogP contribution in [-0.2, 0) is 13.7 Å². The van der Waals surface area contributed by atoms with Crippen LogP contribution in [0.25, 0.3) is 17.0 Å². The molecule has 166 valence electrons. The number of methoxy groups -OCH3 is 1. The van der Waals surface area contributed by atoms with Crippen molar-refractivity contribution in [1.82, 2.24) is 4.57 Å². The SMILES string of the molecule is COc1ccc2c(c1)c(/C=C1/Oc3c(ccc(OCc4ccc(F)cc4)c3C)C1=O)cn2C. The molecule has 33 heavy (non-hydrogen) atoms. The van der Waals surface area contributed by atoms with Gasteiger partial charge in [-0.2, -0.15) is 0 Å². The topological polar surface area (TPSA) is 49.7 Å². The van der Waals surface area contributed by atoms with Gasteiger partial charge < -0.3 is 18.8 Å². The zero-order valence-corrected chi connectivity index (χ0v) is 18.5. The highest BCUT2D eigenvalue weighted by Crippen LogP contribution is 2.40. The quantitative estimate of drug-likeness (QED) is 0.364. The predicted molar refractivity (Wildman–Crippen MR) is 124 cm³/mol. The summed E-state index contributed by atoms with van der Waals surface area (Å²) in [5.41, 5.74) is 3.99. The molecular formula is C27H22FNO4. The Bertz CT molecular complexity index is 1420. The molecular weight excluding hydrogens is 421 g/mol. The lowest BCUT2D eigenvalue weighted by Crippen LogP contribution is -1.98. The first kappa shape index (κ1) is 20.8. The summed E-state index contributed by atoms with van der Waals surface area (Å²) in [5.74, 6) is 1.66. The van der Waals surface area contributed by atoms with E-state index in [0.29, 0.717) is 17.1 Å². The van der Waals surface area contributed by atoms with Gasteiger partial charge in [0.05, 0.1) is 12.7 Å². The van der Waals surface area contributed by atoms with Crippen molar-refractivity contribution in [3.63, 3.8) is 0 Å². The van der Waals surface area contributed by atoms with Crippen molar-refractivity contribution in [2.45, 2.75) is 13.5 Å². The molecule has 0 fully saturated rings. The molecule has 2 heterocycles. The molecule has 3 aromatic carbocycles. The maximum Gasteiger partial charge on any atom is 0.231 e. The summed E-state index contributed by atoms with van der Waals surface area (Å²) in [4.78, 5) is 13.0. The summed E-state index contributed by atoms with van der Waals surface area (Å²) in [5, 5.41) is 0.969. The molecule has 0 atom stereocenters. The number of hydrogen-bond donors (Lipinski definition) is 0. The van der Waals surface area contributed by atoms with Crippen LogP contribution in [0.15, 0.2) is 66.6 Å². The summed E-state index contributed by atoms with van der Waals surface area (Å²) in [6.45, 7) is 2.15. The van der Waals surface area contributed by atoms with Crippen LogP contribution in [0.5, 0.6) is 17.2 Å². The van der Waals surface area contributed by atoms with Gasteiger partial charge in [-0.05, 0) is 61.0 Å². The third-order valence-corrected chi connectivity index (χ3v) is 5.86. The van der Waals surface area contributed by atoms with E-state index >= 15 is 0 Å². The third kappa shape index (κ3) is 3.74. The maximum atomic E-state index is 13.1. The molecule has 5 nitrogen and oxygen atoms in total. The van der Waals surface area contributed by atoms with Crippen molar-refractivity contribution < 1.29 is 23.4 Å². The number of halogens is 1. The number of rotatable bonds is 5. The molecule has 4 aromatic rings. The molecule has 0 saturated carbocycles. The summed E-state index contributed by atoms with van der Waals surface area (Å²) < 4.78 is 32.4. The molecule has 1 aliphatic heterocycles. The number of carbonyl (C=O) groups is 1. The summed E-state index contributed by atoms with van der Waals surface area (Å²) in [7, 11) is 3.58. The Kier molecular flexibility index (Phi) is 5.13. The van der Waals surface area contributed by atoms with E-state index in [1.54, 1.807) is 37.5 Å². The zero-order valence-electron chi connectivity index (χ0n) is 18.5. The summed E-state index contributed by atoms with van der Waals surface area (Å²) >= 11 is 0. The average Bonchev–Trinajstić information content (AvgIpc) is 3.31. The van der Waals surface area contributed by atoms with Crippen molar-refractivity contribution in [1.29, 1.82) is 0 Å². The smallest absolute Gasteiger partial charge is 0.231 e. The minimum absolute atomic E-state index is 0.168. The Balaban J connectivity index is 1.44. The molecule has 6 heteroatoms. The van der Waals surface area contributed by atoms with E-state index in [-0.39, 0.29) is 24.0 Å². The van der Waals surface area contributed by atoms with Crippen LogP contribution in [0.4, 0.5) is 4.39 Å². The number of hydrogen-bond acceptors (Lipinski definition) is 4. The molecule has 0 aliphatic carbocycles. The first-order chi connectivity index (χ1) is 15.9. The second kappa shape index (κ2) is 8.13. The largest absolute Gasteiger partial charge is 0.497 e. The zero-order chi connectivity index (χ0) is 23.1. The Hall–Kier alpha value is -4.06. The minimum atomic E-state index is -0.289. The van der Waals surface area contributed by atoms with E-state index in [2.05, 4.69) is 0 Å². The first-order valence-corrected chi connectivity index (χ1v) is 10.5. The van der Waals surface area contributed by atoms with Gasteiger partial charge in [-0.25, -0.2) is 4.39 Å². The lowest BCUT2D eigenvalue weighted by atomic mass is 10.1. The fourth-order valence-corrected chi connectivity index (χ4v) is 4.05. The number of ether oxygens (including phenoxy) is 3. The lowest BCUT2D eigenvalue weighted by Gasteiger charge is -2.11. The number of nitrogens with zero attached hydrogens (tertiary/aromatic N) is 1.